The molecule has 11 nitrogen and oxygen atoms in total. The second kappa shape index (κ2) is 23.8. The summed E-state index contributed by atoms with van der Waals surface area (Å²) >= 11 is 0. The number of rotatable bonds is 23. The zero-order valence-electron chi connectivity index (χ0n) is 33.8. The fourth-order valence-electron chi connectivity index (χ4n) is 6.51. The van der Waals surface area contributed by atoms with Crippen molar-refractivity contribution in [2.24, 2.45) is 23.7 Å². The fraction of sp³-hybridized carbons (Fsp3) is 0.489. The zero-order valence-corrected chi connectivity index (χ0v) is 33.8. The molecule has 0 heterocycles. The zero-order chi connectivity index (χ0) is 41.0. The maximum atomic E-state index is 14.1. The van der Waals surface area contributed by atoms with Crippen LogP contribution in [-0.4, -0.2) is 58.9 Å². The summed E-state index contributed by atoms with van der Waals surface area (Å²) in [6, 6.07) is 25.5. The molecular formula is C45H62N4O7. The predicted octanol–water partition coefficient (Wildman–Crippen LogP) is 6.27. The van der Waals surface area contributed by atoms with Crippen LogP contribution in [0.2, 0.25) is 0 Å². The lowest BCUT2D eigenvalue weighted by Gasteiger charge is -2.29. The average molecular weight is 771 g/mol. The van der Waals surface area contributed by atoms with Crippen LogP contribution >= 0.6 is 0 Å². The van der Waals surface area contributed by atoms with E-state index >= 15 is 0 Å². The number of ketones is 1. The molecule has 0 aliphatic carbocycles. The molecule has 11 heteroatoms. The molecule has 0 saturated heterocycles. The van der Waals surface area contributed by atoms with E-state index in [1.54, 1.807) is 0 Å². The van der Waals surface area contributed by atoms with Crippen LogP contribution in [0.25, 0.3) is 0 Å². The molecule has 0 aromatic heterocycles. The number of benzene rings is 3. The molecule has 304 valence electrons. The number of amides is 4. The van der Waals surface area contributed by atoms with Gasteiger partial charge in [-0.2, -0.15) is 0 Å². The van der Waals surface area contributed by atoms with Gasteiger partial charge in [0.25, 0.3) is 0 Å². The largest absolute Gasteiger partial charge is 0.445 e. The van der Waals surface area contributed by atoms with Crippen LogP contribution in [0.1, 0.15) is 90.3 Å². The molecular weight excluding hydrogens is 709 g/mol. The van der Waals surface area contributed by atoms with E-state index in [1.807, 2.05) is 133 Å². The molecule has 4 amide bonds. The second-order valence-corrected chi connectivity index (χ2v) is 15.9. The van der Waals surface area contributed by atoms with Gasteiger partial charge in [-0.1, -0.05) is 133 Å². The lowest BCUT2D eigenvalue weighted by atomic mass is 9.88. The van der Waals surface area contributed by atoms with Crippen molar-refractivity contribution in [1.29, 1.82) is 0 Å². The number of nitrogens with one attached hydrogen (secondary N) is 4. The highest BCUT2D eigenvalue weighted by molar-refractivity contribution is 5.92. The fourth-order valence-corrected chi connectivity index (χ4v) is 6.51. The van der Waals surface area contributed by atoms with Crippen molar-refractivity contribution in [2.45, 2.75) is 117 Å². The number of aliphatic hydroxyl groups is 1. The first kappa shape index (κ1) is 45.4. The molecule has 0 spiro atoms. The van der Waals surface area contributed by atoms with Crippen molar-refractivity contribution >= 4 is 29.6 Å². The second-order valence-electron chi connectivity index (χ2n) is 15.9. The summed E-state index contributed by atoms with van der Waals surface area (Å²) in [6.07, 6.45) is -1.14. The molecule has 3 aromatic carbocycles. The number of alkyl carbamates (subject to hydrolysis) is 1. The number of aliphatic hydroxyl groups excluding tert-OH is 1. The first-order valence-corrected chi connectivity index (χ1v) is 19.8. The molecule has 3 aromatic rings. The number of carbonyl (C=O) groups is 5. The summed E-state index contributed by atoms with van der Waals surface area (Å²) < 4.78 is 5.41. The Morgan fingerprint density at radius 3 is 1.66 bits per heavy atom. The monoisotopic (exact) mass is 770 g/mol. The molecule has 56 heavy (non-hydrogen) atoms. The van der Waals surface area contributed by atoms with Gasteiger partial charge in [-0.25, -0.2) is 4.79 Å². The number of carbonyl (C=O) groups excluding carboxylic acids is 5. The van der Waals surface area contributed by atoms with Gasteiger partial charge in [0.1, 0.15) is 12.6 Å². The molecule has 1 unspecified atom stereocenters. The van der Waals surface area contributed by atoms with Crippen molar-refractivity contribution in [3.05, 3.63) is 108 Å². The van der Waals surface area contributed by atoms with Gasteiger partial charge in [-0.15, -0.1) is 0 Å². The highest BCUT2D eigenvalue weighted by Crippen LogP contribution is 2.20. The molecule has 0 bridgehead atoms. The average Bonchev–Trinajstić information content (AvgIpc) is 3.15. The SMILES string of the molecule is CC(C)C[C@H](NC(=O)OCc1ccccc1)C(=O)C[C@@H](Cc1ccccc1)C(=O)N[C@@H](CC(C)C)C(O)CC(=O)N[C@@H](CC(C)C)C(=O)NCc1ccccc1. The highest BCUT2D eigenvalue weighted by Gasteiger charge is 2.33. The van der Waals surface area contributed by atoms with E-state index in [2.05, 4.69) is 21.3 Å². The number of hydrogen-bond acceptors (Lipinski definition) is 7. The van der Waals surface area contributed by atoms with E-state index in [4.69, 9.17) is 4.74 Å². The molecule has 5 atom stereocenters. The van der Waals surface area contributed by atoms with Gasteiger partial charge in [0.2, 0.25) is 17.7 Å². The predicted molar refractivity (Wildman–Crippen MR) is 218 cm³/mol. The summed E-state index contributed by atoms with van der Waals surface area (Å²) in [5.41, 5.74) is 2.58. The van der Waals surface area contributed by atoms with E-state index in [1.165, 1.54) is 0 Å². The smallest absolute Gasteiger partial charge is 0.408 e. The Balaban J connectivity index is 1.73. The van der Waals surface area contributed by atoms with E-state index in [-0.39, 0.29) is 55.3 Å². The number of Topliss-reactive ketones (excluding diaryl/α,β-unsaturated/α-hetero) is 1. The number of hydrogen-bond donors (Lipinski definition) is 5. The van der Waals surface area contributed by atoms with Crippen molar-refractivity contribution in [3.8, 4) is 0 Å². The lowest BCUT2D eigenvalue weighted by molar-refractivity contribution is -0.133. The summed E-state index contributed by atoms with van der Waals surface area (Å²) in [6.45, 7) is 12.1. The minimum absolute atomic E-state index is 0.0473. The van der Waals surface area contributed by atoms with Crippen LogP contribution in [0.4, 0.5) is 4.79 Å². The summed E-state index contributed by atoms with van der Waals surface area (Å²) in [7, 11) is 0. The Hall–Kier alpha value is -5.03. The standard InChI is InChI=1S/C45H62N4O7/c1-30(2)22-37(41(51)27-42(52)47-39(24-32(5)6)44(54)46-28-34-18-12-8-13-19-34)48-43(53)36(25-33-16-10-7-11-17-33)26-40(50)38(23-31(3)4)49-45(55)56-29-35-20-14-9-15-21-35/h7-21,30-32,36-39,41,51H,22-29H2,1-6H3,(H,46,54)(H,47,52)(H,48,53)(H,49,55)/t36-,37+,38+,39+,41?/m1/s1. The van der Waals surface area contributed by atoms with E-state index in [9.17, 15) is 29.1 Å². The summed E-state index contributed by atoms with van der Waals surface area (Å²) in [5.74, 6) is -2.20. The van der Waals surface area contributed by atoms with Crippen molar-refractivity contribution < 1.29 is 33.8 Å². The normalized spacial score (nSPS) is 14.0. The maximum Gasteiger partial charge on any atom is 0.408 e. The Kier molecular flexibility index (Phi) is 19.3. The first-order chi connectivity index (χ1) is 26.7. The lowest BCUT2D eigenvalue weighted by Crippen LogP contribution is -2.51. The highest BCUT2D eigenvalue weighted by atomic mass is 16.5. The van der Waals surface area contributed by atoms with Crippen LogP contribution in [0.3, 0.4) is 0 Å². The van der Waals surface area contributed by atoms with Crippen LogP contribution < -0.4 is 21.3 Å². The number of ether oxygens (including phenoxy) is 1. The molecule has 0 radical (unpaired) electrons. The van der Waals surface area contributed by atoms with Crippen molar-refractivity contribution in [2.75, 3.05) is 0 Å². The first-order valence-electron chi connectivity index (χ1n) is 19.8. The van der Waals surface area contributed by atoms with E-state index in [0.717, 1.165) is 16.7 Å². The molecule has 3 rings (SSSR count). The maximum absolute atomic E-state index is 14.1. The summed E-state index contributed by atoms with van der Waals surface area (Å²) in [4.78, 5) is 67.4. The van der Waals surface area contributed by atoms with Gasteiger partial charge in [-0.3, -0.25) is 19.2 Å². The third-order valence-corrected chi connectivity index (χ3v) is 9.32. The van der Waals surface area contributed by atoms with Gasteiger partial charge in [0.05, 0.1) is 24.6 Å². The summed E-state index contributed by atoms with van der Waals surface area (Å²) in [5, 5.41) is 22.8. The van der Waals surface area contributed by atoms with E-state index < -0.39 is 48.1 Å². The Morgan fingerprint density at radius 1 is 0.589 bits per heavy atom. The van der Waals surface area contributed by atoms with Crippen LogP contribution in [0.5, 0.6) is 0 Å². The van der Waals surface area contributed by atoms with Crippen LogP contribution in [-0.2, 0) is 43.5 Å². The molecule has 0 aliphatic rings. The quantitative estimate of drug-likeness (QED) is 0.0759. The van der Waals surface area contributed by atoms with E-state index in [0.29, 0.717) is 25.8 Å². The van der Waals surface area contributed by atoms with Crippen molar-refractivity contribution in [1.82, 2.24) is 21.3 Å². The minimum atomic E-state index is -1.27. The van der Waals surface area contributed by atoms with Gasteiger partial charge in [0.15, 0.2) is 5.78 Å². The Morgan fingerprint density at radius 2 is 1.11 bits per heavy atom. The minimum Gasteiger partial charge on any atom is -0.445 e. The topological polar surface area (TPSA) is 163 Å². The molecule has 0 saturated carbocycles. The third kappa shape index (κ3) is 17.2. The molecule has 0 aliphatic heterocycles. The van der Waals surface area contributed by atoms with Crippen LogP contribution in [0.15, 0.2) is 91.0 Å². The Bertz CT molecular complexity index is 1650. The third-order valence-electron chi connectivity index (χ3n) is 9.32. The Labute approximate surface area is 332 Å². The van der Waals surface area contributed by atoms with Gasteiger partial charge >= 0.3 is 6.09 Å². The molecule has 5 N–H and O–H groups in total. The van der Waals surface area contributed by atoms with Gasteiger partial charge in [0, 0.05) is 18.9 Å². The van der Waals surface area contributed by atoms with Crippen LogP contribution in [0, 0.1) is 23.7 Å². The van der Waals surface area contributed by atoms with Gasteiger partial charge in [-0.05, 0) is 60.1 Å². The van der Waals surface area contributed by atoms with Gasteiger partial charge < -0.3 is 31.1 Å². The molecule has 0 fully saturated rings. The van der Waals surface area contributed by atoms with Crippen molar-refractivity contribution in [3.63, 3.8) is 0 Å².